The zero-order valence-electron chi connectivity index (χ0n) is 16.5. The van der Waals surface area contributed by atoms with Gasteiger partial charge in [0.05, 0.1) is 6.10 Å². The zero-order chi connectivity index (χ0) is 18.9. The maximum Gasteiger partial charge on any atom is 0.241 e. The van der Waals surface area contributed by atoms with E-state index in [-0.39, 0.29) is 23.5 Å². The second-order valence-electron chi connectivity index (χ2n) is 8.51. The Morgan fingerprint density at radius 3 is 2.65 bits per heavy atom. The van der Waals surface area contributed by atoms with Gasteiger partial charge in [0.25, 0.3) is 0 Å². The second kappa shape index (κ2) is 7.29. The van der Waals surface area contributed by atoms with E-state index in [1.807, 2.05) is 26.8 Å². The van der Waals surface area contributed by atoms with Crippen molar-refractivity contribution in [2.45, 2.75) is 70.8 Å². The summed E-state index contributed by atoms with van der Waals surface area (Å²) >= 11 is 0. The first-order valence-electron chi connectivity index (χ1n) is 9.77. The monoisotopic (exact) mass is 359 g/mol. The number of nitrogens with zero attached hydrogens (tertiary/aromatic N) is 1. The number of amides is 1. The fourth-order valence-corrected chi connectivity index (χ4v) is 4.38. The standard InChI is InChI=1S/C21H33N3O2/c1-5-26-18-12-21(22,20(18,3)4)19(25)23-17-11-15(2)24(14-17)13-16-9-7-6-8-10-16/h6-10,15,17-18H,5,11-14,22H2,1-4H3,(H,23,25). The molecule has 1 aromatic carbocycles. The minimum Gasteiger partial charge on any atom is -0.378 e. The van der Waals surface area contributed by atoms with E-state index in [1.54, 1.807) is 0 Å². The number of carbonyl (C=O) groups excluding carboxylic acids is 1. The fourth-order valence-electron chi connectivity index (χ4n) is 4.38. The van der Waals surface area contributed by atoms with Crippen molar-refractivity contribution in [3.8, 4) is 0 Å². The summed E-state index contributed by atoms with van der Waals surface area (Å²) in [7, 11) is 0. The Kier molecular flexibility index (Phi) is 5.42. The predicted molar refractivity (Wildman–Crippen MR) is 104 cm³/mol. The summed E-state index contributed by atoms with van der Waals surface area (Å²) < 4.78 is 5.74. The van der Waals surface area contributed by atoms with Gasteiger partial charge in [0.15, 0.2) is 0 Å². The molecular formula is C21H33N3O2. The molecule has 0 bridgehead atoms. The third-order valence-corrected chi connectivity index (χ3v) is 6.50. The minimum absolute atomic E-state index is 0.0304. The molecule has 0 radical (unpaired) electrons. The predicted octanol–water partition coefficient (Wildman–Crippen LogP) is 2.30. The van der Waals surface area contributed by atoms with Crippen LogP contribution in [0, 0.1) is 5.41 Å². The van der Waals surface area contributed by atoms with Gasteiger partial charge >= 0.3 is 0 Å². The van der Waals surface area contributed by atoms with Crippen LogP contribution in [0.5, 0.6) is 0 Å². The lowest BCUT2D eigenvalue weighted by Gasteiger charge is -2.57. The highest BCUT2D eigenvalue weighted by atomic mass is 16.5. The van der Waals surface area contributed by atoms with E-state index in [9.17, 15) is 4.79 Å². The molecule has 2 fully saturated rings. The molecule has 4 unspecified atom stereocenters. The number of nitrogens with one attached hydrogen (secondary N) is 1. The molecule has 0 spiro atoms. The number of benzene rings is 1. The van der Waals surface area contributed by atoms with Gasteiger partial charge in [0, 0.05) is 43.6 Å². The van der Waals surface area contributed by atoms with Crippen LogP contribution in [0.3, 0.4) is 0 Å². The average Bonchev–Trinajstić information content (AvgIpc) is 2.94. The van der Waals surface area contributed by atoms with Crippen LogP contribution < -0.4 is 11.1 Å². The molecule has 1 saturated heterocycles. The highest BCUT2D eigenvalue weighted by Crippen LogP contribution is 2.50. The summed E-state index contributed by atoms with van der Waals surface area (Å²) in [5.41, 5.74) is 6.63. The SMILES string of the molecule is CCOC1CC(N)(C(=O)NC2CC(C)N(Cc3ccccc3)C2)C1(C)C. The molecular weight excluding hydrogens is 326 g/mol. The van der Waals surface area contributed by atoms with Crippen molar-refractivity contribution >= 4 is 5.91 Å². The molecule has 1 aliphatic carbocycles. The molecule has 3 N–H and O–H groups in total. The van der Waals surface area contributed by atoms with Crippen molar-refractivity contribution in [2.75, 3.05) is 13.2 Å². The van der Waals surface area contributed by atoms with Crippen LogP contribution in [0.15, 0.2) is 30.3 Å². The minimum atomic E-state index is -0.844. The Morgan fingerprint density at radius 2 is 2.04 bits per heavy atom. The summed E-state index contributed by atoms with van der Waals surface area (Å²) in [4.78, 5) is 15.4. The van der Waals surface area contributed by atoms with Crippen molar-refractivity contribution in [1.29, 1.82) is 0 Å². The quantitative estimate of drug-likeness (QED) is 0.818. The van der Waals surface area contributed by atoms with Crippen molar-refractivity contribution in [3.05, 3.63) is 35.9 Å². The van der Waals surface area contributed by atoms with Gasteiger partial charge in [-0.2, -0.15) is 0 Å². The van der Waals surface area contributed by atoms with Crippen LogP contribution in [0.4, 0.5) is 0 Å². The second-order valence-corrected chi connectivity index (χ2v) is 8.51. The third-order valence-electron chi connectivity index (χ3n) is 6.50. The van der Waals surface area contributed by atoms with E-state index in [0.717, 1.165) is 19.5 Å². The van der Waals surface area contributed by atoms with E-state index in [4.69, 9.17) is 10.5 Å². The number of carbonyl (C=O) groups is 1. The van der Waals surface area contributed by atoms with Gasteiger partial charge in [-0.15, -0.1) is 0 Å². The van der Waals surface area contributed by atoms with Gasteiger partial charge in [0.1, 0.15) is 5.54 Å². The first-order chi connectivity index (χ1) is 12.3. The fraction of sp³-hybridized carbons (Fsp3) is 0.667. The Hall–Kier alpha value is -1.43. The van der Waals surface area contributed by atoms with Gasteiger partial charge in [0.2, 0.25) is 5.91 Å². The normalized spacial score (nSPS) is 33.7. The number of hydrogen-bond acceptors (Lipinski definition) is 4. The Morgan fingerprint density at radius 1 is 1.35 bits per heavy atom. The highest BCUT2D eigenvalue weighted by molar-refractivity contribution is 5.89. The molecule has 1 aromatic rings. The maximum absolute atomic E-state index is 12.9. The highest BCUT2D eigenvalue weighted by Gasteiger charge is 2.63. The largest absolute Gasteiger partial charge is 0.378 e. The first-order valence-corrected chi connectivity index (χ1v) is 9.77. The smallest absolute Gasteiger partial charge is 0.241 e. The van der Waals surface area contributed by atoms with E-state index in [2.05, 4.69) is 41.4 Å². The van der Waals surface area contributed by atoms with Crippen molar-refractivity contribution in [3.63, 3.8) is 0 Å². The molecule has 26 heavy (non-hydrogen) atoms. The van der Waals surface area contributed by atoms with Crippen molar-refractivity contribution < 1.29 is 9.53 Å². The summed E-state index contributed by atoms with van der Waals surface area (Å²) in [6, 6.07) is 11.1. The molecule has 2 aliphatic rings. The molecule has 5 nitrogen and oxygen atoms in total. The lowest BCUT2D eigenvalue weighted by atomic mass is 9.54. The number of hydrogen-bond donors (Lipinski definition) is 2. The molecule has 1 saturated carbocycles. The molecule has 1 heterocycles. The third kappa shape index (κ3) is 3.40. The first kappa shape index (κ1) is 19.3. The van der Waals surface area contributed by atoms with Crippen LogP contribution in [-0.2, 0) is 16.1 Å². The van der Waals surface area contributed by atoms with Gasteiger partial charge in [-0.05, 0) is 25.8 Å². The Bertz CT molecular complexity index is 633. The topological polar surface area (TPSA) is 67.6 Å². The van der Waals surface area contributed by atoms with Gasteiger partial charge < -0.3 is 15.8 Å². The number of rotatable bonds is 6. The van der Waals surface area contributed by atoms with Crippen molar-refractivity contribution in [2.24, 2.45) is 11.1 Å². The summed E-state index contributed by atoms with van der Waals surface area (Å²) in [6.07, 6.45) is 1.61. The molecule has 1 aliphatic heterocycles. The van der Waals surface area contributed by atoms with Crippen LogP contribution in [0.2, 0.25) is 0 Å². The number of ether oxygens (including phenoxy) is 1. The van der Waals surface area contributed by atoms with Gasteiger partial charge in [-0.1, -0.05) is 44.2 Å². The van der Waals surface area contributed by atoms with E-state index >= 15 is 0 Å². The maximum atomic E-state index is 12.9. The molecule has 1 amide bonds. The van der Waals surface area contributed by atoms with E-state index in [1.165, 1.54) is 5.56 Å². The zero-order valence-corrected chi connectivity index (χ0v) is 16.5. The van der Waals surface area contributed by atoms with E-state index < -0.39 is 5.54 Å². The summed E-state index contributed by atoms with van der Waals surface area (Å²) in [5.74, 6) is -0.0304. The van der Waals surface area contributed by atoms with Crippen LogP contribution in [0.1, 0.15) is 46.1 Å². The summed E-state index contributed by atoms with van der Waals surface area (Å²) in [6.45, 7) is 10.7. The van der Waals surface area contributed by atoms with Crippen molar-refractivity contribution in [1.82, 2.24) is 10.2 Å². The Balaban J connectivity index is 1.57. The molecule has 144 valence electrons. The lowest BCUT2D eigenvalue weighted by Crippen LogP contribution is -2.76. The Labute approximate surface area is 157 Å². The van der Waals surface area contributed by atoms with E-state index in [0.29, 0.717) is 19.1 Å². The van der Waals surface area contributed by atoms with Crippen LogP contribution in [-0.4, -0.2) is 47.7 Å². The van der Waals surface area contributed by atoms with Crippen LogP contribution in [0.25, 0.3) is 0 Å². The molecule has 4 atom stereocenters. The van der Waals surface area contributed by atoms with Gasteiger partial charge in [-0.25, -0.2) is 0 Å². The molecule has 0 aromatic heterocycles. The average molecular weight is 360 g/mol. The summed E-state index contributed by atoms with van der Waals surface area (Å²) in [5, 5.41) is 3.22. The molecule has 3 rings (SSSR count). The van der Waals surface area contributed by atoms with Crippen LogP contribution >= 0.6 is 0 Å². The molecule has 5 heteroatoms. The number of nitrogens with two attached hydrogens (primary N) is 1. The van der Waals surface area contributed by atoms with Gasteiger partial charge in [-0.3, -0.25) is 9.69 Å². The number of likely N-dealkylation sites (tertiary alicyclic amines) is 1. The lowest BCUT2D eigenvalue weighted by molar-refractivity contribution is -0.171.